The Bertz CT molecular complexity index is 942. The Kier molecular flexibility index (Phi) is 6.17. The van der Waals surface area contributed by atoms with Crippen molar-refractivity contribution in [1.29, 1.82) is 0 Å². The van der Waals surface area contributed by atoms with Gasteiger partial charge in [-0.15, -0.1) is 11.3 Å². The molecule has 26 heavy (non-hydrogen) atoms. The van der Waals surface area contributed by atoms with E-state index < -0.39 is 0 Å². The zero-order chi connectivity index (χ0) is 18.4. The smallest absolute Gasteiger partial charge is 0.282 e. The molecule has 0 saturated heterocycles. The van der Waals surface area contributed by atoms with Crippen molar-refractivity contribution in [3.8, 4) is 5.75 Å². The number of hydrogen-bond donors (Lipinski definition) is 0. The Balaban J connectivity index is 1.66. The average molecular weight is 369 g/mol. The van der Waals surface area contributed by atoms with Gasteiger partial charge in [0.25, 0.3) is 5.56 Å². The van der Waals surface area contributed by atoms with E-state index in [1.807, 2.05) is 29.6 Å². The molecule has 0 fully saturated rings. The Morgan fingerprint density at radius 1 is 1.19 bits per heavy atom. The Morgan fingerprint density at radius 2 is 2.00 bits per heavy atom. The standard InChI is InChI=1S/C20H23N3O2S/c1-3-4-5-6-12-25-17-9-7-16(8-10-17)14-21-23-15(2)22-19-18(20(23)24)11-13-26-19/h7-11,13-14H,3-6,12H2,1-2H3/b21-14-. The average Bonchev–Trinajstić information content (AvgIpc) is 3.11. The number of aromatic nitrogens is 2. The highest BCUT2D eigenvalue weighted by molar-refractivity contribution is 7.16. The van der Waals surface area contributed by atoms with Crippen LogP contribution in [0.2, 0.25) is 0 Å². The van der Waals surface area contributed by atoms with Gasteiger partial charge >= 0.3 is 0 Å². The fraction of sp³-hybridized carbons (Fsp3) is 0.350. The van der Waals surface area contributed by atoms with Gasteiger partial charge in [0.2, 0.25) is 0 Å². The maximum Gasteiger partial charge on any atom is 0.282 e. The lowest BCUT2D eigenvalue weighted by Crippen LogP contribution is -2.19. The summed E-state index contributed by atoms with van der Waals surface area (Å²) < 4.78 is 7.08. The molecule has 0 spiro atoms. The summed E-state index contributed by atoms with van der Waals surface area (Å²) >= 11 is 1.46. The highest BCUT2D eigenvalue weighted by Gasteiger charge is 2.07. The molecule has 0 bridgehead atoms. The van der Waals surface area contributed by atoms with E-state index >= 15 is 0 Å². The van der Waals surface area contributed by atoms with Crippen LogP contribution in [0.15, 0.2) is 45.6 Å². The molecule has 0 aliphatic heterocycles. The molecule has 136 valence electrons. The first kappa shape index (κ1) is 18.3. The lowest BCUT2D eigenvalue weighted by molar-refractivity contribution is 0.305. The molecule has 3 aromatic rings. The number of unbranched alkanes of at least 4 members (excludes halogenated alkanes) is 3. The Labute approximate surface area is 157 Å². The van der Waals surface area contributed by atoms with Crippen molar-refractivity contribution in [3.63, 3.8) is 0 Å². The van der Waals surface area contributed by atoms with Crippen LogP contribution in [0, 0.1) is 6.92 Å². The summed E-state index contributed by atoms with van der Waals surface area (Å²) in [6.07, 6.45) is 6.43. The van der Waals surface area contributed by atoms with Gasteiger partial charge in [0, 0.05) is 0 Å². The summed E-state index contributed by atoms with van der Waals surface area (Å²) in [5.74, 6) is 1.43. The maximum absolute atomic E-state index is 12.5. The van der Waals surface area contributed by atoms with Crippen LogP contribution in [0.3, 0.4) is 0 Å². The topological polar surface area (TPSA) is 56.5 Å². The summed E-state index contributed by atoms with van der Waals surface area (Å²) in [7, 11) is 0. The third kappa shape index (κ3) is 4.38. The van der Waals surface area contributed by atoms with Crippen LogP contribution in [-0.4, -0.2) is 22.5 Å². The van der Waals surface area contributed by atoms with Crippen molar-refractivity contribution in [2.75, 3.05) is 6.61 Å². The lowest BCUT2D eigenvalue weighted by atomic mass is 10.2. The van der Waals surface area contributed by atoms with E-state index in [9.17, 15) is 4.79 Å². The van der Waals surface area contributed by atoms with Gasteiger partial charge in [0.1, 0.15) is 16.4 Å². The summed E-state index contributed by atoms with van der Waals surface area (Å²) in [6.45, 7) is 4.73. The summed E-state index contributed by atoms with van der Waals surface area (Å²) in [5, 5.41) is 6.78. The molecule has 3 rings (SSSR count). The van der Waals surface area contributed by atoms with Crippen LogP contribution in [-0.2, 0) is 0 Å². The van der Waals surface area contributed by atoms with Crippen molar-refractivity contribution in [2.45, 2.75) is 39.5 Å². The number of nitrogens with zero attached hydrogens (tertiary/aromatic N) is 3. The molecule has 2 aromatic heterocycles. The fourth-order valence-electron chi connectivity index (χ4n) is 2.64. The zero-order valence-corrected chi connectivity index (χ0v) is 16.0. The number of hydrogen-bond acceptors (Lipinski definition) is 5. The minimum atomic E-state index is -0.142. The molecule has 0 saturated carbocycles. The molecule has 0 unspecified atom stereocenters. The first-order valence-corrected chi connectivity index (χ1v) is 9.81. The van der Waals surface area contributed by atoms with Gasteiger partial charge in [-0.3, -0.25) is 4.79 Å². The predicted octanol–water partition coefficient (Wildman–Crippen LogP) is 4.61. The highest BCUT2D eigenvalue weighted by Crippen LogP contribution is 2.15. The number of rotatable bonds is 8. The molecule has 0 atom stereocenters. The van der Waals surface area contributed by atoms with Gasteiger partial charge in [-0.1, -0.05) is 26.2 Å². The number of ether oxygens (including phenoxy) is 1. The molecule has 6 heteroatoms. The van der Waals surface area contributed by atoms with Gasteiger partial charge in [-0.05, 0) is 54.6 Å². The van der Waals surface area contributed by atoms with E-state index in [2.05, 4.69) is 17.0 Å². The van der Waals surface area contributed by atoms with Gasteiger partial charge < -0.3 is 4.74 Å². The molecule has 5 nitrogen and oxygen atoms in total. The first-order valence-electron chi connectivity index (χ1n) is 8.93. The molecule has 1 aromatic carbocycles. The predicted molar refractivity (Wildman–Crippen MR) is 108 cm³/mol. The van der Waals surface area contributed by atoms with Crippen LogP contribution in [0.1, 0.15) is 44.0 Å². The Morgan fingerprint density at radius 3 is 2.77 bits per heavy atom. The quantitative estimate of drug-likeness (QED) is 0.430. The van der Waals surface area contributed by atoms with Gasteiger partial charge in [0.05, 0.1) is 18.2 Å². The van der Waals surface area contributed by atoms with E-state index in [0.29, 0.717) is 11.2 Å². The molecule has 2 heterocycles. The number of aryl methyl sites for hydroxylation is 1. The highest BCUT2D eigenvalue weighted by atomic mass is 32.1. The minimum Gasteiger partial charge on any atom is -0.494 e. The number of benzene rings is 1. The van der Waals surface area contributed by atoms with Crippen molar-refractivity contribution in [2.24, 2.45) is 5.10 Å². The third-order valence-corrected chi connectivity index (χ3v) is 4.91. The van der Waals surface area contributed by atoms with Crippen LogP contribution >= 0.6 is 11.3 Å². The molecular formula is C20H23N3O2S. The van der Waals surface area contributed by atoms with Gasteiger partial charge in [0.15, 0.2) is 0 Å². The summed E-state index contributed by atoms with van der Waals surface area (Å²) in [6, 6.07) is 9.51. The third-order valence-electron chi connectivity index (χ3n) is 4.11. The second-order valence-corrected chi connectivity index (χ2v) is 7.03. The largest absolute Gasteiger partial charge is 0.494 e. The summed E-state index contributed by atoms with van der Waals surface area (Å²) in [5.41, 5.74) is 0.761. The molecule has 0 amide bonds. The van der Waals surface area contributed by atoms with E-state index in [1.54, 1.807) is 19.2 Å². The normalized spacial score (nSPS) is 11.5. The van der Waals surface area contributed by atoms with E-state index in [0.717, 1.165) is 29.2 Å². The van der Waals surface area contributed by atoms with Crippen LogP contribution in [0.5, 0.6) is 5.75 Å². The van der Waals surface area contributed by atoms with E-state index in [1.165, 1.54) is 35.3 Å². The van der Waals surface area contributed by atoms with Crippen molar-refractivity contribution >= 4 is 27.8 Å². The van der Waals surface area contributed by atoms with Gasteiger partial charge in [-0.2, -0.15) is 9.78 Å². The van der Waals surface area contributed by atoms with Crippen LogP contribution < -0.4 is 10.3 Å². The van der Waals surface area contributed by atoms with E-state index in [-0.39, 0.29) is 5.56 Å². The second kappa shape index (κ2) is 8.76. The van der Waals surface area contributed by atoms with Crippen molar-refractivity contribution in [1.82, 2.24) is 9.66 Å². The minimum absolute atomic E-state index is 0.142. The first-order chi connectivity index (χ1) is 12.7. The number of fused-ring (bicyclic) bond motifs is 1. The number of thiophene rings is 1. The summed E-state index contributed by atoms with van der Waals surface area (Å²) in [4.78, 5) is 17.6. The van der Waals surface area contributed by atoms with E-state index in [4.69, 9.17) is 4.74 Å². The fourth-order valence-corrected chi connectivity index (χ4v) is 3.44. The monoisotopic (exact) mass is 369 g/mol. The molecular weight excluding hydrogens is 346 g/mol. The second-order valence-electron chi connectivity index (χ2n) is 6.14. The molecule has 0 N–H and O–H groups in total. The molecule has 0 aliphatic carbocycles. The SMILES string of the molecule is CCCCCCOc1ccc(/C=N\n2c(C)nc3sccc3c2=O)cc1. The van der Waals surface area contributed by atoms with Crippen molar-refractivity contribution < 1.29 is 4.74 Å². The molecule has 0 radical (unpaired) electrons. The van der Waals surface area contributed by atoms with Crippen molar-refractivity contribution in [3.05, 3.63) is 57.5 Å². The lowest BCUT2D eigenvalue weighted by Gasteiger charge is -2.06. The zero-order valence-electron chi connectivity index (χ0n) is 15.1. The molecule has 0 aliphatic rings. The van der Waals surface area contributed by atoms with Gasteiger partial charge in [-0.25, -0.2) is 4.98 Å². The van der Waals surface area contributed by atoms with Crippen LogP contribution in [0.4, 0.5) is 0 Å². The Hall–Kier alpha value is -2.47. The van der Waals surface area contributed by atoms with Crippen LogP contribution in [0.25, 0.3) is 10.2 Å². The maximum atomic E-state index is 12.5.